The molecule has 1 heterocycles. The monoisotopic (exact) mass is 329 g/mol. The van der Waals surface area contributed by atoms with E-state index in [1.54, 1.807) is 49.3 Å². The number of benzene rings is 1. The lowest BCUT2D eigenvalue weighted by atomic mass is 10.1. The van der Waals surface area contributed by atoms with Gasteiger partial charge in [-0.05, 0) is 42.5 Å². The second-order valence-corrected chi connectivity index (χ2v) is 5.93. The van der Waals surface area contributed by atoms with E-state index >= 15 is 0 Å². The van der Waals surface area contributed by atoms with Crippen LogP contribution in [0.5, 0.6) is 0 Å². The van der Waals surface area contributed by atoms with Gasteiger partial charge in [-0.2, -0.15) is 11.8 Å². The summed E-state index contributed by atoms with van der Waals surface area (Å²) >= 11 is 1.73. The molecule has 23 heavy (non-hydrogen) atoms. The van der Waals surface area contributed by atoms with Crippen molar-refractivity contribution in [2.45, 2.75) is 18.7 Å². The fraction of sp³-hybridized carbons (Fsp3) is 0.235. The van der Waals surface area contributed by atoms with E-state index in [2.05, 4.69) is 15.6 Å². The largest absolute Gasteiger partial charge is 0.341 e. The molecule has 0 fully saturated rings. The molecular formula is C17H19N3O2S. The summed E-state index contributed by atoms with van der Waals surface area (Å²) in [4.78, 5) is 27.9. The fourth-order valence-corrected chi connectivity index (χ4v) is 2.54. The number of nitrogens with one attached hydrogen (secondary N) is 2. The lowest BCUT2D eigenvalue weighted by molar-refractivity contribution is -0.136. The molecule has 2 aromatic rings. The van der Waals surface area contributed by atoms with Crippen molar-refractivity contribution < 1.29 is 9.59 Å². The lowest BCUT2D eigenvalue weighted by Gasteiger charge is -2.13. The third kappa shape index (κ3) is 5.10. The van der Waals surface area contributed by atoms with Crippen molar-refractivity contribution in [2.75, 3.05) is 11.6 Å². The first kappa shape index (κ1) is 17.0. The highest BCUT2D eigenvalue weighted by molar-refractivity contribution is 7.97. The molecule has 1 aromatic carbocycles. The van der Waals surface area contributed by atoms with Gasteiger partial charge in [0.1, 0.15) is 0 Å². The van der Waals surface area contributed by atoms with Crippen LogP contribution in [-0.4, -0.2) is 23.1 Å². The van der Waals surface area contributed by atoms with E-state index in [-0.39, 0.29) is 6.04 Å². The Balaban J connectivity index is 1.91. The summed E-state index contributed by atoms with van der Waals surface area (Å²) in [6.07, 6.45) is 5.35. The van der Waals surface area contributed by atoms with Gasteiger partial charge in [0.15, 0.2) is 0 Å². The van der Waals surface area contributed by atoms with Gasteiger partial charge in [0.2, 0.25) is 0 Å². The summed E-state index contributed by atoms with van der Waals surface area (Å²) < 4.78 is 0. The quantitative estimate of drug-likeness (QED) is 0.828. The van der Waals surface area contributed by atoms with Crippen LogP contribution < -0.4 is 10.6 Å². The molecule has 2 amide bonds. The Morgan fingerprint density at radius 3 is 2.52 bits per heavy atom. The molecule has 0 aliphatic rings. The number of carbonyl (C=O) groups is 2. The Morgan fingerprint density at radius 2 is 1.91 bits per heavy atom. The highest BCUT2D eigenvalue weighted by atomic mass is 32.2. The molecule has 0 saturated carbocycles. The van der Waals surface area contributed by atoms with Crippen LogP contribution in [0, 0.1) is 0 Å². The minimum absolute atomic E-state index is 0.286. The van der Waals surface area contributed by atoms with E-state index in [0.29, 0.717) is 5.69 Å². The number of pyridine rings is 1. The number of thioether (sulfide) groups is 1. The van der Waals surface area contributed by atoms with Crippen molar-refractivity contribution in [3.05, 3.63) is 59.9 Å². The average Bonchev–Trinajstić information content (AvgIpc) is 2.57. The van der Waals surface area contributed by atoms with E-state index in [9.17, 15) is 9.59 Å². The molecular weight excluding hydrogens is 310 g/mol. The molecule has 6 heteroatoms. The Kier molecular flexibility index (Phi) is 6.17. The van der Waals surface area contributed by atoms with Gasteiger partial charge in [-0.25, -0.2) is 0 Å². The summed E-state index contributed by atoms with van der Waals surface area (Å²) in [5.74, 6) is -0.440. The maximum Gasteiger partial charge on any atom is 0.313 e. The molecule has 0 aliphatic carbocycles. The van der Waals surface area contributed by atoms with Crippen LogP contribution in [0.25, 0.3) is 0 Å². The van der Waals surface area contributed by atoms with Gasteiger partial charge in [0.25, 0.3) is 0 Å². The van der Waals surface area contributed by atoms with Crippen LogP contribution in [0.1, 0.15) is 24.1 Å². The molecule has 0 radical (unpaired) electrons. The smallest absolute Gasteiger partial charge is 0.313 e. The zero-order chi connectivity index (χ0) is 16.7. The number of hydrogen-bond donors (Lipinski definition) is 2. The minimum Gasteiger partial charge on any atom is -0.341 e. The van der Waals surface area contributed by atoms with Crippen LogP contribution >= 0.6 is 11.8 Å². The topological polar surface area (TPSA) is 71.1 Å². The summed E-state index contributed by atoms with van der Waals surface area (Å²) in [5, 5.41) is 5.25. The second kappa shape index (κ2) is 8.33. The standard InChI is InChI=1S/C17H19N3O2S/c1-12(14-4-3-9-18-10-14)19-16(21)17(22)20-15-7-5-13(6-8-15)11-23-2/h3-10,12H,11H2,1-2H3,(H,19,21)(H,20,22)/t12-/m0/s1. The highest BCUT2D eigenvalue weighted by Gasteiger charge is 2.17. The first-order valence-electron chi connectivity index (χ1n) is 7.20. The van der Waals surface area contributed by atoms with Crippen molar-refractivity contribution in [1.82, 2.24) is 10.3 Å². The SMILES string of the molecule is CSCc1ccc(NC(=O)C(=O)N[C@@H](C)c2cccnc2)cc1. The van der Waals surface area contributed by atoms with E-state index in [4.69, 9.17) is 0 Å². The van der Waals surface area contributed by atoms with Gasteiger partial charge < -0.3 is 10.6 Å². The summed E-state index contributed by atoms with van der Waals surface area (Å²) in [6.45, 7) is 1.80. The van der Waals surface area contributed by atoms with Gasteiger partial charge in [0, 0.05) is 23.8 Å². The summed E-state index contributed by atoms with van der Waals surface area (Å²) in [6, 6.07) is 10.8. The van der Waals surface area contributed by atoms with Crippen LogP contribution in [0.3, 0.4) is 0 Å². The predicted octanol–water partition coefficient (Wildman–Crippen LogP) is 2.76. The molecule has 120 valence electrons. The molecule has 0 aliphatic heterocycles. The molecule has 0 saturated heterocycles. The van der Waals surface area contributed by atoms with Crippen molar-refractivity contribution in [2.24, 2.45) is 0 Å². The second-order valence-electron chi connectivity index (χ2n) is 5.07. The molecule has 2 N–H and O–H groups in total. The molecule has 0 bridgehead atoms. The first-order chi connectivity index (χ1) is 11.1. The Morgan fingerprint density at radius 1 is 1.17 bits per heavy atom. The Labute approximate surface area is 139 Å². The zero-order valence-corrected chi connectivity index (χ0v) is 13.9. The molecule has 5 nitrogen and oxygen atoms in total. The zero-order valence-electron chi connectivity index (χ0n) is 13.1. The average molecular weight is 329 g/mol. The van der Waals surface area contributed by atoms with Crippen molar-refractivity contribution in [1.29, 1.82) is 0 Å². The third-order valence-corrected chi connectivity index (χ3v) is 3.88. The van der Waals surface area contributed by atoms with Crippen molar-refractivity contribution in [3.8, 4) is 0 Å². The van der Waals surface area contributed by atoms with Crippen LogP contribution in [0.2, 0.25) is 0 Å². The number of amides is 2. The van der Waals surface area contributed by atoms with Crippen LogP contribution in [0.15, 0.2) is 48.8 Å². The molecule has 0 spiro atoms. The Hall–Kier alpha value is -2.34. The number of hydrogen-bond acceptors (Lipinski definition) is 4. The summed E-state index contributed by atoms with van der Waals surface area (Å²) in [7, 11) is 0. The molecule has 1 aromatic heterocycles. The minimum atomic E-state index is -0.682. The van der Waals surface area contributed by atoms with Gasteiger partial charge >= 0.3 is 11.8 Å². The third-order valence-electron chi connectivity index (χ3n) is 3.26. The van der Waals surface area contributed by atoms with Gasteiger partial charge in [-0.1, -0.05) is 18.2 Å². The fourth-order valence-electron chi connectivity index (χ4n) is 2.02. The Bertz CT molecular complexity index is 659. The number of rotatable bonds is 5. The lowest BCUT2D eigenvalue weighted by Crippen LogP contribution is -2.36. The molecule has 1 atom stereocenters. The van der Waals surface area contributed by atoms with Crippen molar-refractivity contribution >= 4 is 29.3 Å². The van der Waals surface area contributed by atoms with E-state index in [1.807, 2.05) is 24.5 Å². The van der Waals surface area contributed by atoms with E-state index in [1.165, 1.54) is 5.56 Å². The van der Waals surface area contributed by atoms with Crippen LogP contribution in [-0.2, 0) is 15.3 Å². The summed E-state index contributed by atoms with van der Waals surface area (Å²) in [5.41, 5.74) is 2.62. The van der Waals surface area contributed by atoms with E-state index in [0.717, 1.165) is 11.3 Å². The maximum atomic E-state index is 12.0. The number of anilines is 1. The first-order valence-corrected chi connectivity index (χ1v) is 8.59. The number of carbonyl (C=O) groups excluding carboxylic acids is 2. The van der Waals surface area contributed by atoms with Crippen molar-refractivity contribution in [3.63, 3.8) is 0 Å². The predicted molar refractivity (Wildman–Crippen MR) is 93.1 cm³/mol. The number of aromatic nitrogens is 1. The van der Waals surface area contributed by atoms with Crippen LogP contribution in [0.4, 0.5) is 5.69 Å². The van der Waals surface area contributed by atoms with E-state index < -0.39 is 11.8 Å². The number of nitrogens with zero attached hydrogens (tertiary/aromatic N) is 1. The normalized spacial score (nSPS) is 11.6. The highest BCUT2D eigenvalue weighted by Crippen LogP contribution is 2.14. The van der Waals surface area contributed by atoms with Gasteiger partial charge in [-0.3, -0.25) is 14.6 Å². The molecule has 0 unspecified atom stereocenters. The van der Waals surface area contributed by atoms with Gasteiger partial charge in [0.05, 0.1) is 6.04 Å². The molecule has 2 rings (SSSR count). The van der Waals surface area contributed by atoms with Gasteiger partial charge in [-0.15, -0.1) is 0 Å². The maximum absolute atomic E-state index is 12.0.